The Bertz CT molecular complexity index is 900. The first-order valence-corrected chi connectivity index (χ1v) is 8.39. The maximum Gasteiger partial charge on any atom is 0.165 e. The molecule has 1 atom stereocenters. The van der Waals surface area contributed by atoms with Gasteiger partial charge in [-0.2, -0.15) is 0 Å². The van der Waals surface area contributed by atoms with E-state index in [4.69, 9.17) is 0 Å². The van der Waals surface area contributed by atoms with Crippen LogP contribution in [0.25, 0.3) is 11.3 Å². The molecule has 3 heterocycles. The van der Waals surface area contributed by atoms with E-state index in [1.807, 2.05) is 4.90 Å². The fourth-order valence-electron chi connectivity index (χ4n) is 3.08. The quantitative estimate of drug-likeness (QED) is 0.778. The van der Waals surface area contributed by atoms with Crippen LogP contribution in [0.5, 0.6) is 0 Å². The largest absolute Gasteiger partial charge is 0.364 e. The summed E-state index contributed by atoms with van der Waals surface area (Å²) in [6.45, 7) is 1.35. The first-order valence-electron chi connectivity index (χ1n) is 8.39. The predicted molar refractivity (Wildman–Crippen MR) is 95.9 cm³/mol. The Kier molecular flexibility index (Phi) is 4.43. The Morgan fingerprint density at radius 1 is 1.08 bits per heavy atom. The highest BCUT2D eigenvalue weighted by atomic mass is 19.1. The molecule has 1 N–H and O–H groups in total. The zero-order chi connectivity index (χ0) is 17.9. The van der Waals surface area contributed by atoms with E-state index >= 15 is 0 Å². The second-order valence-corrected chi connectivity index (χ2v) is 6.18. The highest BCUT2D eigenvalue weighted by Crippen LogP contribution is 2.23. The van der Waals surface area contributed by atoms with Gasteiger partial charge in [0.2, 0.25) is 0 Å². The molecule has 4 rings (SSSR count). The van der Waals surface area contributed by atoms with E-state index in [2.05, 4.69) is 20.3 Å². The van der Waals surface area contributed by atoms with Gasteiger partial charge < -0.3 is 10.2 Å². The van der Waals surface area contributed by atoms with Crippen LogP contribution in [0, 0.1) is 11.6 Å². The van der Waals surface area contributed by atoms with Crippen LogP contribution >= 0.6 is 0 Å². The SMILES string of the molecule is Fc1ccc(-c2cncc(NC3CCN(c4ncccc4F)C3)n2)cc1. The number of anilines is 2. The van der Waals surface area contributed by atoms with Crippen molar-refractivity contribution in [2.24, 2.45) is 0 Å². The van der Waals surface area contributed by atoms with E-state index in [0.29, 0.717) is 23.9 Å². The van der Waals surface area contributed by atoms with Crippen LogP contribution in [0.2, 0.25) is 0 Å². The molecule has 1 aliphatic rings. The van der Waals surface area contributed by atoms with Gasteiger partial charge in [0.25, 0.3) is 0 Å². The monoisotopic (exact) mass is 353 g/mol. The maximum atomic E-state index is 13.9. The van der Waals surface area contributed by atoms with Crippen molar-refractivity contribution in [3.8, 4) is 11.3 Å². The van der Waals surface area contributed by atoms with Crippen LogP contribution in [0.3, 0.4) is 0 Å². The van der Waals surface area contributed by atoms with Crippen LogP contribution in [0.4, 0.5) is 20.4 Å². The normalized spacial score (nSPS) is 16.7. The van der Waals surface area contributed by atoms with Gasteiger partial charge in [0.15, 0.2) is 11.6 Å². The molecule has 2 aromatic heterocycles. The molecule has 0 spiro atoms. The van der Waals surface area contributed by atoms with Crippen molar-refractivity contribution >= 4 is 11.6 Å². The van der Waals surface area contributed by atoms with Gasteiger partial charge in [0, 0.05) is 30.9 Å². The molecule has 7 heteroatoms. The predicted octanol–water partition coefficient (Wildman–Crippen LogP) is 3.51. The first kappa shape index (κ1) is 16.4. The summed E-state index contributed by atoms with van der Waals surface area (Å²) in [6.07, 6.45) is 5.73. The molecule has 1 aliphatic heterocycles. The fraction of sp³-hybridized carbons (Fsp3) is 0.211. The van der Waals surface area contributed by atoms with E-state index in [1.54, 1.807) is 36.8 Å². The molecule has 0 bridgehead atoms. The summed E-state index contributed by atoms with van der Waals surface area (Å²) < 4.78 is 27.0. The van der Waals surface area contributed by atoms with Crippen molar-refractivity contribution in [2.45, 2.75) is 12.5 Å². The molecule has 0 radical (unpaired) electrons. The van der Waals surface area contributed by atoms with Gasteiger partial charge in [-0.05, 0) is 42.8 Å². The van der Waals surface area contributed by atoms with Crippen molar-refractivity contribution in [3.05, 3.63) is 66.6 Å². The highest BCUT2D eigenvalue weighted by molar-refractivity contribution is 5.59. The van der Waals surface area contributed by atoms with E-state index < -0.39 is 0 Å². The molecular formula is C19H17F2N5. The molecular weight excluding hydrogens is 336 g/mol. The topological polar surface area (TPSA) is 53.9 Å². The standard InChI is InChI=1S/C19H17F2N5/c20-14-5-3-13(4-6-14)17-10-22-11-18(25-17)24-15-7-9-26(12-15)19-16(21)2-1-8-23-19/h1-6,8,10-11,15H,7,9,12H2,(H,24,25). The Morgan fingerprint density at radius 3 is 2.73 bits per heavy atom. The average molecular weight is 353 g/mol. The summed E-state index contributed by atoms with van der Waals surface area (Å²) in [5.41, 5.74) is 1.46. The molecule has 0 saturated carbocycles. The van der Waals surface area contributed by atoms with Crippen molar-refractivity contribution in [1.29, 1.82) is 0 Å². The molecule has 1 saturated heterocycles. The van der Waals surface area contributed by atoms with Gasteiger partial charge in [-0.3, -0.25) is 4.98 Å². The Balaban J connectivity index is 1.46. The minimum Gasteiger partial charge on any atom is -0.364 e. The van der Waals surface area contributed by atoms with Crippen LogP contribution in [-0.2, 0) is 0 Å². The number of hydrogen-bond acceptors (Lipinski definition) is 5. The van der Waals surface area contributed by atoms with E-state index in [-0.39, 0.29) is 17.7 Å². The smallest absolute Gasteiger partial charge is 0.165 e. The molecule has 1 unspecified atom stereocenters. The minimum absolute atomic E-state index is 0.120. The summed E-state index contributed by atoms with van der Waals surface area (Å²) in [5, 5.41) is 3.34. The Morgan fingerprint density at radius 2 is 1.92 bits per heavy atom. The van der Waals surface area contributed by atoms with Gasteiger partial charge in [-0.15, -0.1) is 0 Å². The number of nitrogens with one attached hydrogen (secondary N) is 1. The van der Waals surface area contributed by atoms with Crippen molar-refractivity contribution in [1.82, 2.24) is 15.0 Å². The number of aromatic nitrogens is 3. The molecule has 26 heavy (non-hydrogen) atoms. The maximum absolute atomic E-state index is 13.9. The number of benzene rings is 1. The number of halogens is 2. The number of rotatable bonds is 4. The Labute approximate surface area is 149 Å². The summed E-state index contributed by atoms with van der Waals surface area (Å²) in [7, 11) is 0. The van der Waals surface area contributed by atoms with Gasteiger partial charge in [-0.25, -0.2) is 18.7 Å². The minimum atomic E-state index is -0.314. The molecule has 1 fully saturated rings. The number of pyridine rings is 1. The van der Waals surface area contributed by atoms with Crippen LogP contribution in [-0.4, -0.2) is 34.1 Å². The van der Waals surface area contributed by atoms with Crippen molar-refractivity contribution < 1.29 is 8.78 Å². The van der Waals surface area contributed by atoms with Crippen LogP contribution in [0.15, 0.2) is 55.0 Å². The fourth-order valence-corrected chi connectivity index (χ4v) is 3.08. The van der Waals surface area contributed by atoms with E-state index in [0.717, 1.165) is 18.5 Å². The van der Waals surface area contributed by atoms with E-state index in [1.165, 1.54) is 18.2 Å². The highest BCUT2D eigenvalue weighted by Gasteiger charge is 2.25. The molecule has 1 aromatic carbocycles. The van der Waals surface area contributed by atoms with E-state index in [9.17, 15) is 8.78 Å². The zero-order valence-corrected chi connectivity index (χ0v) is 13.9. The van der Waals surface area contributed by atoms with Crippen LogP contribution < -0.4 is 10.2 Å². The van der Waals surface area contributed by atoms with Crippen molar-refractivity contribution in [3.63, 3.8) is 0 Å². The van der Waals surface area contributed by atoms with Gasteiger partial charge >= 0.3 is 0 Å². The first-order chi connectivity index (χ1) is 12.7. The Hall–Kier alpha value is -3.09. The number of nitrogens with zero attached hydrogens (tertiary/aromatic N) is 4. The molecule has 0 amide bonds. The van der Waals surface area contributed by atoms with Gasteiger partial charge in [0.05, 0.1) is 18.1 Å². The number of hydrogen-bond donors (Lipinski definition) is 1. The lowest BCUT2D eigenvalue weighted by molar-refractivity contribution is 0.615. The molecule has 0 aliphatic carbocycles. The third-order valence-electron chi connectivity index (χ3n) is 4.35. The second kappa shape index (κ2) is 7.03. The lowest BCUT2D eigenvalue weighted by atomic mass is 10.1. The summed E-state index contributed by atoms with van der Waals surface area (Å²) in [4.78, 5) is 14.8. The summed E-state index contributed by atoms with van der Waals surface area (Å²) in [5.74, 6) is 0.415. The average Bonchev–Trinajstić information content (AvgIpc) is 3.11. The van der Waals surface area contributed by atoms with Crippen LogP contribution in [0.1, 0.15) is 6.42 Å². The van der Waals surface area contributed by atoms with Gasteiger partial charge in [0.1, 0.15) is 11.6 Å². The van der Waals surface area contributed by atoms with Crippen molar-refractivity contribution in [2.75, 3.05) is 23.3 Å². The second-order valence-electron chi connectivity index (χ2n) is 6.18. The lowest BCUT2D eigenvalue weighted by Crippen LogP contribution is -2.27. The molecule has 3 aromatic rings. The lowest BCUT2D eigenvalue weighted by Gasteiger charge is -2.18. The molecule has 132 valence electrons. The third kappa shape index (κ3) is 3.46. The zero-order valence-electron chi connectivity index (χ0n) is 13.9. The molecule has 5 nitrogen and oxygen atoms in total. The summed E-state index contributed by atoms with van der Waals surface area (Å²) in [6, 6.07) is 9.26. The third-order valence-corrected chi connectivity index (χ3v) is 4.35. The van der Waals surface area contributed by atoms with Gasteiger partial charge in [-0.1, -0.05) is 0 Å². The summed E-state index contributed by atoms with van der Waals surface area (Å²) >= 11 is 0.